The fourth-order valence-electron chi connectivity index (χ4n) is 1.43. The van der Waals surface area contributed by atoms with E-state index < -0.39 is 18.2 Å². The number of nitrogens with one attached hydrogen (secondary N) is 2. The molecule has 0 unspecified atom stereocenters. The summed E-state index contributed by atoms with van der Waals surface area (Å²) < 4.78 is 10.5. The lowest BCUT2D eigenvalue weighted by Gasteiger charge is -2.17. The summed E-state index contributed by atoms with van der Waals surface area (Å²) in [4.78, 5) is 27.0. The second-order valence-electron chi connectivity index (χ2n) is 3.75. The van der Waals surface area contributed by atoms with E-state index in [0.717, 1.165) is 0 Å². The maximum Gasteiger partial charge on any atom is 0.321 e. The maximum absolute atomic E-state index is 11.7. The molecule has 0 radical (unpaired) electrons. The van der Waals surface area contributed by atoms with E-state index in [9.17, 15) is 9.59 Å². The van der Waals surface area contributed by atoms with Crippen molar-refractivity contribution < 1.29 is 19.1 Å². The molecule has 20 heavy (non-hydrogen) atoms. The molecule has 7 nitrogen and oxygen atoms in total. The number of rotatable bonds is 7. The summed E-state index contributed by atoms with van der Waals surface area (Å²) in [6.07, 6.45) is 2.40. The number of ether oxygens (including phenoxy) is 2. The molecule has 0 fully saturated rings. The van der Waals surface area contributed by atoms with Crippen LogP contribution in [0.1, 0.15) is 24.2 Å². The molecular weight excluding hydrogens is 262 g/mol. The zero-order valence-corrected chi connectivity index (χ0v) is 11.6. The summed E-state index contributed by atoms with van der Waals surface area (Å²) in [5.41, 5.74) is 0.314. The molecule has 7 heteroatoms. The van der Waals surface area contributed by atoms with Gasteiger partial charge in [-0.05, 0) is 26.0 Å². The van der Waals surface area contributed by atoms with Gasteiger partial charge in [0.05, 0.1) is 12.1 Å². The smallest absolute Gasteiger partial charge is 0.321 e. The van der Waals surface area contributed by atoms with Crippen LogP contribution in [-0.2, 0) is 9.47 Å². The number of hydrogen-bond donors (Lipinski definition) is 2. The zero-order chi connectivity index (χ0) is 14.8. The van der Waals surface area contributed by atoms with Gasteiger partial charge in [0.25, 0.3) is 5.91 Å². The van der Waals surface area contributed by atoms with Gasteiger partial charge in [-0.3, -0.25) is 15.1 Å². The van der Waals surface area contributed by atoms with Gasteiger partial charge in [0.15, 0.2) is 6.29 Å². The molecule has 0 aliphatic heterocycles. The lowest BCUT2D eigenvalue weighted by atomic mass is 10.3. The van der Waals surface area contributed by atoms with Crippen molar-refractivity contribution in [2.24, 2.45) is 0 Å². The van der Waals surface area contributed by atoms with Gasteiger partial charge >= 0.3 is 6.03 Å². The van der Waals surface area contributed by atoms with Crippen LogP contribution in [-0.4, -0.2) is 43.0 Å². The van der Waals surface area contributed by atoms with Crippen molar-refractivity contribution in [1.29, 1.82) is 0 Å². The Kier molecular flexibility index (Phi) is 7.23. The monoisotopic (exact) mass is 281 g/mol. The second-order valence-corrected chi connectivity index (χ2v) is 3.75. The normalized spacial score (nSPS) is 10.3. The minimum Gasteiger partial charge on any atom is -0.351 e. The molecule has 0 saturated heterocycles. The summed E-state index contributed by atoms with van der Waals surface area (Å²) in [6, 6.07) is 2.58. The van der Waals surface area contributed by atoms with Crippen molar-refractivity contribution in [1.82, 2.24) is 15.6 Å². The summed E-state index contributed by atoms with van der Waals surface area (Å²) in [6.45, 7) is 4.77. The van der Waals surface area contributed by atoms with E-state index >= 15 is 0 Å². The van der Waals surface area contributed by atoms with Crippen molar-refractivity contribution in [3.8, 4) is 0 Å². The predicted octanol–water partition coefficient (Wildman–Crippen LogP) is 0.920. The molecule has 0 atom stereocenters. The van der Waals surface area contributed by atoms with Gasteiger partial charge < -0.3 is 14.8 Å². The van der Waals surface area contributed by atoms with Gasteiger partial charge in [0.1, 0.15) is 0 Å². The summed E-state index contributed by atoms with van der Waals surface area (Å²) in [7, 11) is 0. The molecule has 2 N–H and O–H groups in total. The fraction of sp³-hybridized carbons (Fsp3) is 0.462. The first kappa shape index (κ1) is 16.1. The lowest BCUT2D eigenvalue weighted by molar-refractivity contribution is -0.131. The van der Waals surface area contributed by atoms with Crippen molar-refractivity contribution in [3.05, 3.63) is 30.1 Å². The predicted molar refractivity (Wildman–Crippen MR) is 72.1 cm³/mol. The van der Waals surface area contributed by atoms with Crippen LogP contribution in [0.2, 0.25) is 0 Å². The molecule has 3 amide bonds. The van der Waals surface area contributed by atoms with Crippen LogP contribution in [0.5, 0.6) is 0 Å². The van der Waals surface area contributed by atoms with E-state index in [1.165, 1.54) is 6.20 Å². The topological polar surface area (TPSA) is 89.6 Å². The van der Waals surface area contributed by atoms with Crippen LogP contribution in [0.4, 0.5) is 4.79 Å². The highest BCUT2D eigenvalue weighted by molar-refractivity contribution is 6.03. The number of urea groups is 1. The average molecular weight is 281 g/mol. The number of pyridine rings is 1. The van der Waals surface area contributed by atoms with E-state index in [1.54, 1.807) is 18.3 Å². The third kappa shape index (κ3) is 5.77. The van der Waals surface area contributed by atoms with Crippen LogP contribution < -0.4 is 10.6 Å². The summed E-state index contributed by atoms with van der Waals surface area (Å²) >= 11 is 0. The molecule has 0 aliphatic carbocycles. The van der Waals surface area contributed by atoms with Gasteiger partial charge in [-0.1, -0.05) is 0 Å². The molecule has 1 aromatic heterocycles. The lowest BCUT2D eigenvalue weighted by Crippen LogP contribution is -2.43. The van der Waals surface area contributed by atoms with Gasteiger partial charge in [0, 0.05) is 25.6 Å². The van der Waals surface area contributed by atoms with E-state index in [2.05, 4.69) is 15.6 Å². The van der Waals surface area contributed by atoms with Crippen molar-refractivity contribution in [2.75, 3.05) is 19.8 Å². The quantitative estimate of drug-likeness (QED) is 0.725. The Morgan fingerprint density at radius 2 is 2.00 bits per heavy atom. The molecule has 1 heterocycles. The molecule has 110 valence electrons. The minimum atomic E-state index is -0.608. The molecule has 0 spiro atoms. The Hall–Kier alpha value is -1.99. The SMILES string of the molecule is CCOC(CNC(=O)NC(=O)c1cccnc1)OCC. The van der Waals surface area contributed by atoms with Crippen molar-refractivity contribution >= 4 is 11.9 Å². The number of imide groups is 1. The number of nitrogens with zero attached hydrogens (tertiary/aromatic N) is 1. The minimum absolute atomic E-state index is 0.161. The van der Waals surface area contributed by atoms with Crippen LogP contribution in [0.25, 0.3) is 0 Å². The first-order chi connectivity index (χ1) is 9.67. The largest absolute Gasteiger partial charge is 0.351 e. The number of aromatic nitrogens is 1. The van der Waals surface area contributed by atoms with E-state index in [4.69, 9.17) is 9.47 Å². The van der Waals surface area contributed by atoms with Crippen LogP contribution in [0.3, 0.4) is 0 Å². The number of carbonyl (C=O) groups is 2. The molecule has 0 saturated carbocycles. The Labute approximate surface area is 117 Å². The summed E-state index contributed by atoms with van der Waals surface area (Å²) in [5, 5.41) is 4.71. The van der Waals surface area contributed by atoms with Gasteiger partial charge in [-0.2, -0.15) is 0 Å². The van der Waals surface area contributed by atoms with Crippen molar-refractivity contribution in [3.63, 3.8) is 0 Å². The number of carbonyl (C=O) groups excluding carboxylic acids is 2. The van der Waals surface area contributed by atoms with Gasteiger partial charge in [-0.25, -0.2) is 4.79 Å². The van der Waals surface area contributed by atoms with Crippen molar-refractivity contribution in [2.45, 2.75) is 20.1 Å². The Morgan fingerprint density at radius 3 is 2.55 bits per heavy atom. The third-order valence-electron chi connectivity index (χ3n) is 2.29. The first-order valence-corrected chi connectivity index (χ1v) is 6.39. The highest BCUT2D eigenvalue weighted by Gasteiger charge is 2.13. The van der Waals surface area contributed by atoms with Crippen LogP contribution in [0.15, 0.2) is 24.5 Å². The first-order valence-electron chi connectivity index (χ1n) is 6.39. The highest BCUT2D eigenvalue weighted by Crippen LogP contribution is 1.95. The standard InChI is InChI=1S/C13H19N3O4/c1-3-19-11(20-4-2)9-15-13(18)16-12(17)10-6-5-7-14-8-10/h5-8,11H,3-4,9H2,1-2H3,(H2,15,16,17,18). The van der Waals surface area contributed by atoms with E-state index in [1.807, 2.05) is 13.8 Å². The van der Waals surface area contributed by atoms with E-state index in [-0.39, 0.29) is 6.54 Å². The Morgan fingerprint density at radius 1 is 1.30 bits per heavy atom. The highest BCUT2D eigenvalue weighted by atomic mass is 16.7. The molecule has 1 aromatic rings. The Bertz CT molecular complexity index is 419. The van der Waals surface area contributed by atoms with Gasteiger partial charge in [0.2, 0.25) is 0 Å². The zero-order valence-electron chi connectivity index (χ0n) is 11.6. The number of hydrogen-bond acceptors (Lipinski definition) is 5. The van der Waals surface area contributed by atoms with Gasteiger partial charge in [-0.15, -0.1) is 0 Å². The molecular formula is C13H19N3O4. The average Bonchev–Trinajstić information content (AvgIpc) is 2.46. The third-order valence-corrected chi connectivity index (χ3v) is 2.29. The molecule has 1 rings (SSSR count). The molecule has 0 aromatic carbocycles. The molecule has 0 aliphatic rings. The van der Waals surface area contributed by atoms with Crippen LogP contribution >= 0.6 is 0 Å². The molecule has 0 bridgehead atoms. The second kappa shape index (κ2) is 9.00. The van der Waals surface area contributed by atoms with Crippen LogP contribution in [0, 0.1) is 0 Å². The maximum atomic E-state index is 11.7. The van der Waals surface area contributed by atoms with E-state index in [0.29, 0.717) is 18.8 Å². The Balaban J connectivity index is 2.37. The summed E-state index contributed by atoms with van der Waals surface area (Å²) in [5.74, 6) is -0.514. The fourth-order valence-corrected chi connectivity index (χ4v) is 1.43. The number of amides is 3.